The van der Waals surface area contributed by atoms with E-state index in [2.05, 4.69) is 20.2 Å². The summed E-state index contributed by atoms with van der Waals surface area (Å²) in [6, 6.07) is 9.33. The number of anilines is 2. The SMILES string of the molecule is CCCc1cc(=O)[nH]c(S[C@H](C)C(=O)Nc2ccc(N3CCOCC3)cc2)n1. The number of ether oxygens (including phenoxy) is 1. The first-order valence-corrected chi connectivity index (χ1v) is 10.4. The lowest BCUT2D eigenvalue weighted by Crippen LogP contribution is -2.36. The van der Waals surface area contributed by atoms with Crippen LogP contribution in [0.15, 0.2) is 40.3 Å². The number of aryl methyl sites for hydroxylation is 1. The molecule has 1 aromatic carbocycles. The molecule has 8 heteroatoms. The van der Waals surface area contributed by atoms with Crippen LogP contribution in [0.25, 0.3) is 0 Å². The third kappa shape index (κ3) is 5.59. The number of hydrogen-bond acceptors (Lipinski definition) is 6. The summed E-state index contributed by atoms with van der Waals surface area (Å²) < 4.78 is 5.37. The molecular weight excluding hydrogens is 376 g/mol. The van der Waals surface area contributed by atoms with Gasteiger partial charge in [0.2, 0.25) is 5.91 Å². The summed E-state index contributed by atoms with van der Waals surface area (Å²) in [5, 5.41) is 3.01. The topological polar surface area (TPSA) is 87.3 Å². The van der Waals surface area contributed by atoms with Crippen LogP contribution in [0.2, 0.25) is 0 Å². The Morgan fingerprint density at radius 2 is 2.04 bits per heavy atom. The summed E-state index contributed by atoms with van der Waals surface area (Å²) in [7, 11) is 0. The van der Waals surface area contributed by atoms with Gasteiger partial charge in [0.25, 0.3) is 5.56 Å². The van der Waals surface area contributed by atoms with Crippen molar-refractivity contribution < 1.29 is 9.53 Å². The quantitative estimate of drug-likeness (QED) is 0.547. The third-order valence-corrected chi connectivity index (χ3v) is 5.43. The zero-order chi connectivity index (χ0) is 19.9. The number of hydrogen-bond donors (Lipinski definition) is 2. The van der Waals surface area contributed by atoms with Gasteiger partial charge in [-0.1, -0.05) is 25.1 Å². The van der Waals surface area contributed by atoms with E-state index >= 15 is 0 Å². The maximum Gasteiger partial charge on any atom is 0.251 e. The van der Waals surface area contributed by atoms with Gasteiger partial charge in [0.1, 0.15) is 0 Å². The van der Waals surface area contributed by atoms with E-state index in [-0.39, 0.29) is 16.7 Å². The molecule has 3 rings (SSSR count). The smallest absolute Gasteiger partial charge is 0.251 e. The van der Waals surface area contributed by atoms with Gasteiger partial charge in [0, 0.05) is 36.2 Å². The summed E-state index contributed by atoms with van der Waals surface area (Å²) >= 11 is 1.25. The molecule has 1 atom stereocenters. The van der Waals surface area contributed by atoms with Gasteiger partial charge in [-0.15, -0.1) is 0 Å². The van der Waals surface area contributed by atoms with Crippen molar-refractivity contribution in [1.29, 1.82) is 0 Å². The number of carbonyl (C=O) groups is 1. The van der Waals surface area contributed by atoms with Crippen molar-refractivity contribution >= 4 is 29.0 Å². The van der Waals surface area contributed by atoms with Crippen LogP contribution in [-0.4, -0.2) is 47.4 Å². The van der Waals surface area contributed by atoms with E-state index in [4.69, 9.17) is 4.74 Å². The summed E-state index contributed by atoms with van der Waals surface area (Å²) in [5.41, 5.74) is 2.43. The highest BCUT2D eigenvalue weighted by Crippen LogP contribution is 2.22. The van der Waals surface area contributed by atoms with Crippen LogP contribution in [0, 0.1) is 0 Å². The fourth-order valence-electron chi connectivity index (χ4n) is 2.97. The number of benzene rings is 1. The Balaban J connectivity index is 1.58. The Morgan fingerprint density at radius 1 is 1.32 bits per heavy atom. The minimum atomic E-state index is -0.390. The van der Waals surface area contributed by atoms with Gasteiger partial charge >= 0.3 is 0 Å². The molecule has 1 aliphatic heterocycles. The van der Waals surface area contributed by atoms with E-state index in [1.54, 1.807) is 6.92 Å². The first kappa shape index (κ1) is 20.4. The summed E-state index contributed by atoms with van der Waals surface area (Å²) in [4.78, 5) is 33.7. The second-order valence-corrected chi connectivity index (χ2v) is 8.02. The lowest BCUT2D eigenvalue weighted by atomic mass is 10.2. The molecular formula is C20H26N4O3S. The maximum atomic E-state index is 12.5. The van der Waals surface area contributed by atoms with Crippen molar-refractivity contribution in [2.24, 2.45) is 0 Å². The van der Waals surface area contributed by atoms with Crippen molar-refractivity contribution in [3.8, 4) is 0 Å². The third-order valence-electron chi connectivity index (χ3n) is 4.45. The highest BCUT2D eigenvalue weighted by molar-refractivity contribution is 8.00. The van der Waals surface area contributed by atoms with Gasteiger partial charge in [0.15, 0.2) is 5.16 Å². The molecule has 0 bridgehead atoms. The highest BCUT2D eigenvalue weighted by Gasteiger charge is 2.17. The fraction of sp³-hybridized carbons (Fsp3) is 0.450. The van der Waals surface area contributed by atoms with E-state index in [1.165, 1.54) is 17.8 Å². The molecule has 0 aliphatic carbocycles. The molecule has 2 N–H and O–H groups in total. The molecule has 1 amide bonds. The molecule has 7 nitrogen and oxygen atoms in total. The van der Waals surface area contributed by atoms with E-state index in [9.17, 15) is 9.59 Å². The summed E-state index contributed by atoms with van der Waals surface area (Å²) in [6.45, 7) is 7.07. The standard InChI is InChI=1S/C20H26N4O3S/c1-3-4-16-13-18(25)23-20(22-16)28-14(2)19(26)21-15-5-7-17(8-6-15)24-9-11-27-12-10-24/h5-8,13-14H,3-4,9-12H2,1-2H3,(H,21,26)(H,22,23,25)/t14-/m1/s1. The van der Waals surface area contributed by atoms with Crippen LogP contribution in [0.4, 0.5) is 11.4 Å². The molecule has 28 heavy (non-hydrogen) atoms. The Labute approximate surface area is 168 Å². The Hall–Kier alpha value is -2.32. The second kappa shape index (κ2) is 9.75. The molecule has 0 radical (unpaired) electrons. The molecule has 1 aromatic heterocycles. The van der Waals surface area contributed by atoms with Crippen molar-refractivity contribution in [3.05, 3.63) is 46.4 Å². The molecule has 2 aromatic rings. The number of amides is 1. The number of nitrogens with one attached hydrogen (secondary N) is 2. The van der Waals surface area contributed by atoms with Gasteiger partial charge < -0.3 is 19.9 Å². The monoisotopic (exact) mass is 402 g/mol. The van der Waals surface area contributed by atoms with Crippen LogP contribution in [-0.2, 0) is 16.0 Å². The molecule has 150 valence electrons. The minimum Gasteiger partial charge on any atom is -0.378 e. The van der Waals surface area contributed by atoms with Crippen LogP contribution in [0.5, 0.6) is 0 Å². The van der Waals surface area contributed by atoms with E-state index in [0.29, 0.717) is 5.16 Å². The fourth-order valence-corrected chi connectivity index (χ4v) is 3.80. The first-order chi connectivity index (χ1) is 13.5. The van der Waals surface area contributed by atoms with Crippen molar-refractivity contribution in [3.63, 3.8) is 0 Å². The van der Waals surface area contributed by atoms with Gasteiger partial charge in [-0.2, -0.15) is 0 Å². The normalized spacial score (nSPS) is 15.3. The zero-order valence-corrected chi connectivity index (χ0v) is 17.1. The molecule has 0 unspecified atom stereocenters. The average molecular weight is 403 g/mol. The largest absolute Gasteiger partial charge is 0.378 e. The van der Waals surface area contributed by atoms with Gasteiger partial charge in [-0.05, 0) is 37.6 Å². The highest BCUT2D eigenvalue weighted by atomic mass is 32.2. The Bertz CT molecular complexity index is 847. The number of aromatic amines is 1. The number of H-pyrrole nitrogens is 1. The van der Waals surface area contributed by atoms with Crippen molar-refractivity contribution in [2.45, 2.75) is 37.1 Å². The Morgan fingerprint density at radius 3 is 2.71 bits per heavy atom. The predicted molar refractivity (Wildman–Crippen MR) is 112 cm³/mol. The van der Waals surface area contributed by atoms with E-state index in [0.717, 1.165) is 56.2 Å². The number of rotatable bonds is 7. The van der Waals surface area contributed by atoms with E-state index in [1.807, 2.05) is 31.2 Å². The molecule has 0 spiro atoms. The number of aromatic nitrogens is 2. The molecule has 0 saturated carbocycles. The minimum absolute atomic E-state index is 0.132. The predicted octanol–water partition coefficient (Wildman–Crippen LogP) is 2.68. The van der Waals surface area contributed by atoms with Crippen molar-refractivity contribution in [2.75, 3.05) is 36.5 Å². The maximum absolute atomic E-state index is 12.5. The second-order valence-electron chi connectivity index (χ2n) is 6.69. The lowest BCUT2D eigenvalue weighted by molar-refractivity contribution is -0.115. The molecule has 2 heterocycles. The molecule has 1 saturated heterocycles. The molecule has 1 aliphatic rings. The van der Waals surface area contributed by atoms with Gasteiger partial charge in [0.05, 0.1) is 18.5 Å². The van der Waals surface area contributed by atoms with E-state index < -0.39 is 0 Å². The van der Waals surface area contributed by atoms with Crippen molar-refractivity contribution in [1.82, 2.24) is 9.97 Å². The Kier molecular flexibility index (Phi) is 7.11. The van der Waals surface area contributed by atoms with Crippen LogP contribution in [0.3, 0.4) is 0 Å². The van der Waals surface area contributed by atoms with Gasteiger partial charge in [-0.25, -0.2) is 4.98 Å². The van der Waals surface area contributed by atoms with Crippen LogP contribution < -0.4 is 15.8 Å². The summed E-state index contributed by atoms with van der Waals surface area (Å²) in [5.74, 6) is -0.132. The zero-order valence-electron chi connectivity index (χ0n) is 16.2. The number of nitrogens with zero attached hydrogens (tertiary/aromatic N) is 2. The van der Waals surface area contributed by atoms with Crippen LogP contribution >= 0.6 is 11.8 Å². The van der Waals surface area contributed by atoms with Gasteiger partial charge in [-0.3, -0.25) is 9.59 Å². The number of carbonyl (C=O) groups excluding carboxylic acids is 1. The average Bonchev–Trinajstić information content (AvgIpc) is 2.69. The number of thioether (sulfide) groups is 1. The lowest BCUT2D eigenvalue weighted by Gasteiger charge is -2.28. The molecule has 1 fully saturated rings. The van der Waals surface area contributed by atoms with Crippen LogP contribution in [0.1, 0.15) is 26.0 Å². The summed E-state index contributed by atoms with van der Waals surface area (Å²) in [6.07, 6.45) is 1.66. The number of morpholine rings is 1. The first-order valence-electron chi connectivity index (χ1n) is 9.55.